The fraction of sp³-hybridized carbons (Fsp3) is 1.00. The predicted molar refractivity (Wildman–Crippen MR) is 86.7 cm³/mol. The average Bonchev–Trinajstić information content (AvgIpc) is 3.21. The van der Waals surface area contributed by atoms with Crippen molar-refractivity contribution in [3.05, 3.63) is 0 Å². The van der Waals surface area contributed by atoms with Crippen LogP contribution in [0.15, 0.2) is 0 Å². The van der Waals surface area contributed by atoms with Gasteiger partial charge in [-0.05, 0) is 6.42 Å². The summed E-state index contributed by atoms with van der Waals surface area (Å²) < 4.78 is 0. The third-order valence-electron chi connectivity index (χ3n) is 4.37. The standard InChI is InChI=1S/C18H36O3.Co/c1-2-3-4-5-6-7-8-9-10-11-12-13-14-15-16-17-18(19)20-21-18;/h19H,2-17H2,1H3;. The smallest absolute Gasteiger partial charge is 0.337 e. The Morgan fingerprint density at radius 1 is 0.591 bits per heavy atom. The second-order valence-electron chi connectivity index (χ2n) is 6.58. The zero-order valence-corrected chi connectivity index (χ0v) is 15.5. The minimum absolute atomic E-state index is 0. The van der Waals surface area contributed by atoms with Crippen LogP contribution in [0.3, 0.4) is 0 Å². The van der Waals surface area contributed by atoms with Gasteiger partial charge in [-0.2, -0.15) is 9.78 Å². The molecule has 0 aromatic carbocycles. The van der Waals surface area contributed by atoms with E-state index < -0.39 is 5.97 Å². The van der Waals surface area contributed by atoms with E-state index in [4.69, 9.17) is 0 Å². The van der Waals surface area contributed by atoms with Gasteiger partial charge in [-0.25, -0.2) is 0 Å². The van der Waals surface area contributed by atoms with Gasteiger partial charge < -0.3 is 5.11 Å². The van der Waals surface area contributed by atoms with E-state index in [-0.39, 0.29) is 16.8 Å². The fourth-order valence-electron chi connectivity index (χ4n) is 2.85. The van der Waals surface area contributed by atoms with E-state index in [0.717, 1.165) is 6.42 Å². The van der Waals surface area contributed by atoms with Crippen LogP contribution in [-0.2, 0) is 26.6 Å². The van der Waals surface area contributed by atoms with Gasteiger partial charge in [-0.15, -0.1) is 0 Å². The van der Waals surface area contributed by atoms with Gasteiger partial charge in [-0.1, -0.05) is 96.8 Å². The van der Waals surface area contributed by atoms with Crippen LogP contribution in [0.4, 0.5) is 0 Å². The summed E-state index contributed by atoms with van der Waals surface area (Å²) in [5.41, 5.74) is 0. The predicted octanol–water partition coefficient (Wildman–Crippen LogP) is 5.85. The van der Waals surface area contributed by atoms with Gasteiger partial charge >= 0.3 is 5.97 Å². The third kappa shape index (κ3) is 14.0. The minimum Gasteiger partial charge on any atom is -0.340 e. The summed E-state index contributed by atoms with van der Waals surface area (Å²) in [7, 11) is 0. The number of unbranched alkanes of at least 4 members (excludes halogenated alkanes) is 14. The maximum atomic E-state index is 9.29. The molecule has 0 aromatic heterocycles. The zero-order chi connectivity index (χ0) is 15.2. The summed E-state index contributed by atoms with van der Waals surface area (Å²) in [4.78, 5) is 8.94. The van der Waals surface area contributed by atoms with E-state index in [1.165, 1.54) is 89.9 Å². The molecule has 0 atom stereocenters. The van der Waals surface area contributed by atoms with Gasteiger partial charge in [0, 0.05) is 23.2 Å². The number of hydrogen-bond acceptors (Lipinski definition) is 3. The number of aliphatic hydroxyl groups is 1. The Morgan fingerprint density at radius 3 is 1.23 bits per heavy atom. The summed E-state index contributed by atoms with van der Waals surface area (Å²) in [6.07, 6.45) is 21.0. The van der Waals surface area contributed by atoms with E-state index in [1.54, 1.807) is 0 Å². The Hall–Kier alpha value is 0.386. The molecular weight excluding hydrogens is 323 g/mol. The van der Waals surface area contributed by atoms with E-state index in [9.17, 15) is 5.11 Å². The van der Waals surface area contributed by atoms with Gasteiger partial charge in [-0.3, -0.25) is 0 Å². The van der Waals surface area contributed by atoms with Crippen LogP contribution in [0.1, 0.15) is 110 Å². The van der Waals surface area contributed by atoms with Crippen LogP contribution in [0.5, 0.6) is 0 Å². The van der Waals surface area contributed by atoms with Crippen LogP contribution < -0.4 is 0 Å². The molecule has 0 aliphatic carbocycles. The van der Waals surface area contributed by atoms with Crippen molar-refractivity contribution in [2.45, 2.75) is 116 Å². The third-order valence-corrected chi connectivity index (χ3v) is 4.37. The van der Waals surface area contributed by atoms with E-state index in [1.807, 2.05) is 0 Å². The molecule has 1 fully saturated rings. The molecule has 1 saturated heterocycles. The number of hydrogen-bond donors (Lipinski definition) is 1. The Kier molecular flexibility index (Phi) is 15.2. The Bertz CT molecular complexity index is 232. The average molecular weight is 359 g/mol. The molecular formula is C18H36CoO3. The SMILES string of the molecule is CCCCCCCCCCCCCCCCCC1(O)OO1.[Co]. The molecule has 1 rings (SSSR count). The van der Waals surface area contributed by atoms with Crippen molar-refractivity contribution in [2.24, 2.45) is 0 Å². The van der Waals surface area contributed by atoms with Crippen molar-refractivity contribution < 1.29 is 31.7 Å². The summed E-state index contributed by atoms with van der Waals surface area (Å²) in [6, 6.07) is 0. The Morgan fingerprint density at radius 2 is 0.909 bits per heavy atom. The summed E-state index contributed by atoms with van der Waals surface area (Å²) >= 11 is 0. The van der Waals surface area contributed by atoms with Crippen LogP contribution in [-0.4, -0.2) is 11.1 Å². The van der Waals surface area contributed by atoms with Crippen molar-refractivity contribution in [3.8, 4) is 0 Å². The van der Waals surface area contributed by atoms with Gasteiger partial charge in [0.1, 0.15) is 0 Å². The van der Waals surface area contributed by atoms with Crippen LogP contribution in [0.25, 0.3) is 0 Å². The van der Waals surface area contributed by atoms with Crippen LogP contribution in [0.2, 0.25) is 0 Å². The van der Waals surface area contributed by atoms with Gasteiger partial charge in [0.05, 0.1) is 0 Å². The first-order valence-corrected chi connectivity index (χ1v) is 9.36. The molecule has 1 N–H and O–H groups in total. The van der Waals surface area contributed by atoms with Crippen molar-refractivity contribution in [2.75, 3.05) is 0 Å². The van der Waals surface area contributed by atoms with E-state index in [0.29, 0.717) is 6.42 Å². The van der Waals surface area contributed by atoms with Gasteiger partial charge in [0.15, 0.2) is 0 Å². The molecule has 0 amide bonds. The van der Waals surface area contributed by atoms with Crippen molar-refractivity contribution in [1.29, 1.82) is 0 Å². The second kappa shape index (κ2) is 14.9. The fourth-order valence-corrected chi connectivity index (χ4v) is 2.85. The molecule has 0 bridgehead atoms. The molecule has 0 saturated carbocycles. The van der Waals surface area contributed by atoms with E-state index >= 15 is 0 Å². The second-order valence-corrected chi connectivity index (χ2v) is 6.58. The summed E-state index contributed by atoms with van der Waals surface area (Å²) in [5.74, 6) is -1.21. The zero-order valence-electron chi connectivity index (χ0n) is 14.4. The van der Waals surface area contributed by atoms with Crippen LogP contribution in [0, 0.1) is 0 Å². The molecule has 1 radical (unpaired) electrons. The molecule has 4 heteroatoms. The first-order chi connectivity index (χ1) is 10.3. The normalized spacial score (nSPS) is 15.5. The molecule has 135 valence electrons. The Balaban J connectivity index is 0.00000441. The first-order valence-electron chi connectivity index (χ1n) is 9.36. The molecule has 0 aromatic rings. The van der Waals surface area contributed by atoms with Gasteiger partial charge in [0.25, 0.3) is 0 Å². The topological polar surface area (TPSA) is 45.3 Å². The maximum Gasteiger partial charge on any atom is 0.337 e. The van der Waals surface area contributed by atoms with Gasteiger partial charge in [0.2, 0.25) is 0 Å². The quantitative estimate of drug-likeness (QED) is 0.213. The monoisotopic (exact) mass is 359 g/mol. The molecule has 1 aliphatic rings. The van der Waals surface area contributed by atoms with E-state index in [2.05, 4.69) is 16.7 Å². The molecule has 22 heavy (non-hydrogen) atoms. The summed E-state index contributed by atoms with van der Waals surface area (Å²) in [5, 5.41) is 9.29. The number of rotatable bonds is 16. The minimum atomic E-state index is -1.21. The molecule has 0 spiro atoms. The molecule has 0 unspecified atom stereocenters. The first kappa shape index (κ1) is 22.4. The van der Waals surface area contributed by atoms with Crippen molar-refractivity contribution >= 4 is 0 Å². The largest absolute Gasteiger partial charge is 0.340 e. The Labute approximate surface area is 147 Å². The maximum absolute atomic E-state index is 9.29. The van der Waals surface area contributed by atoms with Crippen molar-refractivity contribution in [1.82, 2.24) is 0 Å². The molecule has 1 heterocycles. The van der Waals surface area contributed by atoms with Crippen LogP contribution >= 0.6 is 0 Å². The summed E-state index contributed by atoms with van der Waals surface area (Å²) in [6.45, 7) is 2.28. The molecule has 1 aliphatic heterocycles. The molecule has 3 nitrogen and oxygen atoms in total. The van der Waals surface area contributed by atoms with Crippen molar-refractivity contribution in [3.63, 3.8) is 0 Å².